The average Bonchev–Trinajstić information content (AvgIpc) is 2.44. The van der Waals surface area contributed by atoms with Crippen LogP contribution in [-0.4, -0.2) is 50.8 Å². The van der Waals surface area contributed by atoms with Gasteiger partial charge >= 0.3 is 0 Å². The van der Waals surface area contributed by atoms with Crippen molar-refractivity contribution in [3.05, 3.63) is 22.2 Å². The average molecular weight is 372 g/mol. The molecular weight excluding hydrogens is 354 g/mol. The largest absolute Gasteiger partial charge is 0.493 e. The SMILES string of the molecule is COc1cc(/C=N\N=C(N)N)cc(Br)c1OCC(=O)N(C)C. The monoisotopic (exact) mass is 371 g/mol. The van der Waals surface area contributed by atoms with Crippen LogP contribution in [0, 0.1) is 0 Å². The van der Waals surface area contributed by atoms with Gasteiger partial charge in [-0.05, 0) is 33.6 Å². The zero-order valence-electron chi connectivity index (χ0n) is 12.5. The number of carbonyl (C=O) groups excluding carboxylic acids is 1. The summed E-state index contributed by atoms with van der Waals surface area (Å²) >= 11 is 3.37. The van der Waals surface area contributed by atoms with Crippen molar-refractivity contribution < 1.29 is 14.3 Å². The minimum absolute atomic E-state index is 0.0939. The van der Waals surface area contributed by atoms with Crippen LogP contribution in [0.2, 0.25) is 0 Å². The van der Waals surface area contributed by atoms with E-state index in [1.54, 1.807) is 26.2 Å². The van der Waals surface area contributed by atoms with Gasteiger partial charge in [-0.3, -0.25) is 4.79 Å². The van der Waals surface area contributed by atoms with Gasteiger partial charge in [-0.2, -0.15) is 5.10 Å². The van der Waals surface area contributed by atoms with Crippen LogP contribution in [-0.2, 0) is 4.79 Å². The third-order valence-electron chi connectivity index (χ3n) is 2.47. The van der Waals surface area contributed by atoms with Crippen LogP contribution in [0.25, 0.3) is 0 Å². The number of methoxy groups -OCH3 is 1. The maximum Gasteiger partial charge on any atom is 0.259 e. The number of likely N-dealkylation sites (N-methyl/N-ethyl adjacent to an activating group) is 1. The Balaban J connectivity index is 2.98. The Labute approximate surface area is 136 Å². The highest BCUT2D eigenvalue weighted by molar-refractivity contribution is 9.10. The predicted molar refractivity (Wildman–Crippen MR) is 88.3 cm³/mol. The van der Waals surface area contributed by atoms with Gasteiger partial charge in [-0.15, -0.1) is 5.10 Å². The lowest BCUT2D eigenvalue weighted by Gasteiger charge is -2.15. The molecule has 1 amide bonds. The number of carbonyl (C=O) groups is 1. The Hall–Kier alpha value is -2.29. The van der Waals surface area contributed by atoms with Crippen LogP contribution in [0.3, 0.4) is 0 Å². The number of hydrogen-bond acceptors (Lipinski definition) is 5. The van der Waals surface area contributed by atoms with E-state index in [2.05, 4.69) is 26.1 Å². The second-order valence-corrected chi connectivity index (χ2v) is 5.23. The third kappa shape index (κ3) is 5.24. The summed E-state index contributed by atoms with van der Waals surface area (Å²) in [5.41, 5.74) is 11.1. The maximum absolute atomic E-state index is 11.6. The number of guanidine groups is 1. The van der Waals surface area contributed by atoms with E-state index in [1.165, 1.54) is 18.2 Å². The number of rotatable bonds is 6. The molecule has 4 N–H and O–H groups in total. The van der Waals surface area contributed by atoms with Crippen LogP contribution in [0.5, 0.6) is 11.5 Å². The maximum atomic E-state index is 11.6. The first kappa shape index (κ1) is 17.8. The highest BCUT2D eigenvalue weighted by Gasteiger charge is 2.13. The normalized spacial score (nSPS) is 10.4. The second kappa shape index (κ2) is 8.23. The van der Waals surface area contributed by atoms with E-state index < -0.39 is 0 Å². The molecule has 120 valence electrons. The number of amides is 1. The van der Waals surface area contributed by atoms with E-state index in [9.17, 15) is 4.79 Å². The first-order valence-electron chi connectivity index (χ1n) is 6.17. The molecule has 0 saturated carbocycles. The standard InChI is InChI=1S/C13H18BrN5O3/c1-19(2)11(20)7-22-12-9(14)4-8(5-10(12)21-3)6-17-18-13(15)16/h4-6H,7H2,1-3H3,(H4,15,16,18)/b17-6-. The summed E-state index contributed by atoms with van der Waals surface area (Å²) in [6, 6.07) is 3.43. The summed E-state index contributed by atoms with van der Waals surface area (Å²) in [5.74, 6) is 0.584. The fraction of sp³-hybridized carbons (Fsp3) is 0.308. The van der Waals surface area contributed by atoms with Crippen molar-refractivity contribution in [1.29, 1.82) is 0 Å². The zero-order valence-corrected chi connectivity index (χ0v) is 14.1. The molecule has 0 spiro atoms. The van der Waals surface area contributed by atoms with Crippen LogP contribution in [0.15, 0.2) is 26.8 Å². The molecule has 9 heteroatoms. The van der Waals surface area contributed by atoms with Crippen molar-refractivity contribution in [1.82, 2.24) is 4.90 Å². The lowest BCUT2D eigenvalue weighted by Crippen LogP contribution is -2.27. The van der Waals surface area contributed by atoms with Crippen molar-refractivity contribution >= 4 is 34.0 Å². The molecule has 1 aromatic carbocycles. The third-order valence-corrected chi connectivity index (χ3v) is 3.06. The van der Waals surface area contributed by atoms with Crippen molar-refractivity contribution in [2.75, 3.05) is 27.8 Å². The summed E-state index contributed by atoms with van der Waals surface area (Å²) in [6.45, 7) is -0.0939. The van der Waals surface area contributed by atoms with Gasteiger partial charge in [0.15, 0.2) is 18.1 Å². The van der Waals surface area contributed by atoms with Crippen molar-refractivity contribution in [3.63, 3.8) is 0 Å². The van der Waals surface area contributed by atoms with E-state index in [0.29, 0.717) is 21.5 Å². The first-order valence-corrected chi connectivity index (χ1v) is 6.97. The summed E-state index contributed by atoms with van der Waals surface area (Å²) in [4.78, 5) is 13.0. The van der Waals surface area contributed by atoms with Gasteiger partial charge in [0.1, 0.15) is 0 Å². The first-order chi connectivity index (χ1) is 10.3. The Morgan fingerprint density at radius 1 is 1.41 bits per heavy atom. The van der Waals surface area contributed by atoms with E-state index in [0.717, 1.165) is 0 Å². The Morgan fingerprint density at radius 2 is 2.09 bits per heavy atom. The Morgan fingerprint density at radius 3 is 2.64 bits per heavy atom. The van der Waals surface area contributed by atoms with Gasteiger partial charge in [0.25, 0.3) is 5.91 Å². The van der Waals surface area contributed by atoms with Crippen molar-refractivity contribution in [2.24, 2.45) is 21.7 Å². The molecule has 0 fully saturated rings. The van der Waals surface area contributed by atoms with Crippen LogP contribution < -0.4 is 20.9 Å². The van der Waals surface area contributed by atoms with Gasteiger partial charge in [-0.25, -0.2) is 0 Å². The molecule has 0 bridgehead atoms. The highest BCUT2D eigenvalue weighted by Crippen LogP contribution is 2.36. The number of hydrogen-bond donors (Lipinski definition) is 2. The molecule has 0 aliphatic heterocycles. The number of nitrogens with two attached hydrogens (primary N) is 2. The molecule has 1 rings (SSSR count). The Kier molecular flexibility index (Phi) is 6.64. The Bertz CT molecular complexity index is 598. The van der Waals surface area contributed by atoms with Crippen LogP contribution >= 0.6 is 15.9 Å². The van der Waals surface area contributed by atoms with E-state index in [1.807, 2.05) is 0 Å². The summed E-state index contributed by atoms with van der Waals surface area (Å²) in [5, 5.41) is 7.23. The van der Waals surface area contributed by atoms with Gasteiger partial charge in [0.05, 0.1) is 17.8 Å². The summed E-state index contributed by atoms with van der Waals surface area (Å²) < 4.78 is 11.4. The molecule has 0 aliphatic rings. The minimum Gasteiger partial charge on any atom is -0.493 e. The topological polar surface area (TPSA) is 116 Å². The summed E-state index contributed by atoms with van der Waals surface area (Å²) in [6.07, 6.45) is 1.46. The fourth-order valence-electron chi connectivity index (χ4n) is 1.38. The van der Waals surface area contributed by atoms with Gasteiger partial charge in [-0.1, -0.05) is 0 Å². The van der Waals surface area contributed by atoms with E-state index >= 15 is 0 Å². The number of benzene rings is 1. The quantitative estimate of drug-likeness (QED) is 0.429. The van der Waals surface area contributed by atoms with Gasteiger partial charge < -0.3 is 25.8 Å². The number of ether oxygens (including phenoxy) is 2. The molecule has 8 nitrogen and oxygen atoms in total. The van der Waals surface area contributed by atoms with Crippen molar-refractivity contribution in [2.45, 2.75) is 0 Å². The number of halogens is 1. The van der Waals surface area contributed by atoms with E-state index in [-0.39, 0.29) is 18.5 Å². The summed E-state index contributed by atoms with van der Waals surface area (Å²) in [7, 11) is 4.81. The second-order valence-electron chi connectivity index (χ2n) is 4.38. The molecule has 0 saturated heterocycles. The number of nitrogens with zero attached hydrogens (tertiary/aromatic N) is 3. The van der Waals surface area contributed by atoms with Crippen molar-refractivity contribution in [3.8, 4) is 11.5 Å². The molecule has 1 aromatic rings. The molecule has 0 unspecified atom stereocenters. The molecular formula is C13H18BrN5O3. The molecule has 0 aromatic heterocycles. The smallest absolute Gasteiger partial charge is 0.259 e. The van der Waals surface area contributed by atoms with Gasteiger partial charge in [0, 0.05) is 14.1 Å². The minimum atomic E-state index is -0.160. The lowest BCUT2D eigenvalue weighted by molar-refractivity contribution is -0.130. The molecule has 22 heavy (non-hydrogen) atoms. The van der Waals surface area contributed by atoms with Crippen LogP contribution in [0.4, 0.5) is 0 Å². The fourth-order valence-corrected chi connectivity index (χ4v) is 1.95. The molecule has 0 atom stereocenters. The highest BCUT2D eigenvalue weighted by atomic mass is 79.9. The zero-order chi connectivity index (χ0) is 16.7. The molecule has 0 radical (unpaired) electrons. The van der Waals surface area contributed by atoms with E-state index in [4.69, 9.17) is 20.9 Å². The molecule has 0 heterocycles. The van der Waals surface area contributed by atoms with Gasteiger partial charge in [0.2, 0.25) is 5.96 Å². The molecule has 0 aliphatic carbocycles. The predicted octanol–water partition coefficient (Wildman–Crippen LogP) is 0.532. The van der Waals surface area contributed by atoms with Crippen LogP contribution in [0.1, 0.15) is 5.56 Å². The lowest BCUT2D eigenvalue weighted by atomic mass is 10.2.